The van der Waals surface area contributed by atoms with Gasteiger partial charge in [0.25, 0.3) is 0 Å². The molecule has 0 aliphatic heterocycles. The van der Waals surface area contributed by atoms with Gasteiger partial charge in [-0.3, -0.25) is 20.9 Å². The van der Waals surface area contributed by atoms with Gasteiger partial charge in [-0.05, 0) is 35.0 Å². The van der Waals surface area contributed by atoms with E-state index in [1.165, 1.54) is 0 Å². The standard InChI is InChI=1S/C12H16BrN5/c1-2-18-12(10(13)8-16-18)11(17-14)7-9-5-3-4-6-15-9/h3-6,8,11,17H,2,7,14H2,1H3. The molecule has 6 heteroatoms. The van der Waals surface area contributed by atoms with Gasteiger partial charge in [-0.25, -0.2) is 0 Å². The molecular weight excluding hydrogens is 294 g/mol. The monoisotopic (exact) mass is 309 g/mol. The number of pyridine rings is 1. The van der Waals surface area contributed by atoms with Crippen molar-refractivity contribution in [2.24, 2.45) is 5.84 Å². The number of aryl methyl sites for hydroxylation is 1. The van der Waals surface area contributed by atoms with Crippen LogP contribution in [-0.2, 0) is 13.0 Å². The Hall–Kier alpha value is -1.24. The summed E-state index contributed by atoms with van der Waals surface area (Å²) in [4.78, 5) is 4.32. The Morgan fingerprint density at radius 3 is 2.94 bits per heavy atom. The molecule has 5 nitrogen and oxygen atoms in total. The van der Waals surface area contributed by atoms with Crippen molar-refractivity contribution in [3.63, 3.8) is 0 Å². The second-order valence-corrected chi connectivity index (χ2v) is 4.79. The number of hydrogen-bond acceptors (Lipinski definition) is 4. The molecule has 0 fully saturated rings. The molecule has 0 amide bonds. The fourth-order valence-electron chi connectivity index (χ4n) is 1.93. The van der Waals surface area contributed by atoms with Crippen LogP contribution in [0.25, 0.3) is 0 Å². The van der Waals surface area contributed by atoms with Gasteiger partial charge in [-0.15, -0.1) is 0 Å². The van der Waals surface area contributed by atoms with Crippen LogP contribution in [0.5, 0.6) is 0 Å². The van der Waals surface area contributed by atoms with E-state index in [4.69, 9.17) is 5.84 Å². The summed E-state index contributed by atoms with van der Waals surface area (Å²) in [7, 11) is 0. The lowest BCUT2D eigenvalue weighted by Gasteiger charge is -2.17. The van der Waals surface area contributed by atoms with Crippen LogP contribution in [0.2, 0.25) is 0 Å². The summed E-state index contributed by atoms with van der Waals surface area (Å²) < 4.78 is 2.89. The molecule has 1 unspecified atom stereocenters. The van der Waals surface area contributed by atoms with Gasteiger partial charge in [-0.2, -0.15) is 5.10 Å². The molecule has 2 aromatic rings. The summed E-state index contributed by atoms with van der Waals surface area (Å²) in [6.45, 7) is 2.86. The van der Waals surface area contributed by atoms with Crippen molar-refractivity contribution in [2.75, 3.05) is 0 Å². The first-order chi connectivity index (χ1) is 8.76. The summed E-state index contributed by atoms with van der Waals surface area (Å²) in [5, 5.41) is 4.30. The third-order valence-corrected chi connectivity index (χ3v) is 3.41. The number of hydrazine groups is 1. The predicted octanol–water partition coefficient (Wildman–Crippen LogP) is 1.81. The molecular formula is C12H16BrN5. The molecule has 18 heavy (non-hydrogen) atoms. The highest BCUT2D eigenvalue weighted by Crippen LogP contribution is 2.25. The number of nitrogens with zero attached hydrogens (tertiary/aromatic N) is 3. The highest BCUT2D eigenvalue weighted by atomic mass is 79.9. The Morgan fingerprint density at radius 2 is 2.33 bits per heavy atom. The Balaban J connectivity index is 2.25. The van der Waals surface area contributed by atoms with Crippen LogP contribution in [0.4, 0.5) is 0 Å². The van der Waals surface area contributed by atoms with E-state index in [2.05, 4.69) is 38.4 Å². The van der Waals surface area contributed by atoms with E-state index in [0.29, 0.717) is 0 Å². The topological polar surface area (TPSA) is 68.8 Å². The third-order valence-electron chi connectivity index (χ3n) is 2.80. The first-order valence-corrected chi connectivity index (χ1v) is 6.62. The SMILES string of the molecule is CCn1ncc(Br)c1C(Cc1ccccn1)NN. The number of aromatic nitrogens is 3. The summed E-state index contributed by atoms with van der Waals surface area (Å²) >= 11 is 3.51. The third kappa shape index (κ3) is 2.77. The Morgan fingerprint density at radius 1 is 1.50 bits per heavy atom. The molecule has 0 spiro atoms. The first-order valence-electron chi connectivity index (χ1n) is 5.83. The zero-order chi connectivity index (χ0) is 13.0. The molecule has 0 radical (unpaired) electrons. The highest BCUT2D eigenvalue weighted by Gasteiger charge is 2.19. The lowest BCUT2D eigenvalue weighted by Crippen LogP contribution is -2.31. The van der Waals surface area contributed by atoms with Gasteiger partial charge in [0.2, 0.25) is 0 Å². The van der Waals surface area contributed by atoms with Crippen molar-refractivity contribution in [3.8, 4) is 0 Å². The Kier molecular flexibility index (Phi) is 4.46. The summed E-state index contributed by atoms with van der Waals surface area (Å²) in [5.74, 6) is 5.66. The van der Waals surface area contributed by atoms with Crippen molar-refractivity contribution in [1.82, 2.24) is 20.2 Å². The molecule has 0 saturated heterocycles. The van der Waals surface area contributed by atoms with Crippen LogP contribution < -0.4 is 11.3 Å². The van der Waals surface area contributed by atoms with E-state index in [9.17, 15) is 0 Å². The van der Waals surface area contributed by atoms with Gasteiger partial charge in [0, 0.05) is 24.9 Å². The summed E-state index contributed by atoms with van der Waals surface area (Å²) in [5.41, 5.74) is 4.88. The predicted molar refractivity (Wildman–Crippen MR) is 73.6 cm³/mol. The second kappa shape index (κ2) is 6.08. The zero-order valence-corrected chi connectivity index (χ0v) is 11.8. The molecule has 2 heterocycles. The number of hydrogen-bond donors (Lipinski definition) is 2. The van der Waals surface area contributed by atoms with E-state index < -0.39 is 0 Å². The van der Waals surface area contributed by atoms with Gasteiger partial charge in [0.05, 0.1) is 22.4 Å². The lowest BCUT2D eigenvalue weighted by molar-refractivity contribution is 0.485. The number of halogens is 1. The summed E-state index contributed by atoms with van der Waals surface area (Å²) in [6, 6.07) is 5.85. The smallest absolute Gasteiger partial charge is 0.0713 e. The minimum absolute atomic E-state index is 0.0169. The first kappa shape index (κ1) is 13.2. The van der Waals surface area contributed by atoms with Gasteiger partial charge >= 0.3 is 0 Å². The van der Waals surface area contributed by atoms with Crippen molar-refractivity contribution >= 4 is 15.9 Å². The van der Waals surface area contributed by atoms with Crippen molar-refractivity contribution in [3.05, 3.63) is 46.5 Å². The van der Waals surface area contributed by atoms with Crippen LogP contribution in [-0.4, -0.2) is 14.8 Å². The molecule has 0 bridgehead atoms. The van der Waals surface area contributed by atoms with Crippen LogP contribution >= 0.6 is 15.9 Å². The fraction of sp³-hybridized carbons (Fsp3) is 0.333. The lowest BCUT2D eigenvalue weighted by atomic mass is 10.1. The largest absolute Gasteiger partial charge is 0.271 e. The Bertz CT molecular complexity index is 496. The molecule has 3 N–H and O–H groups in total. The molecule has 0 aliphatic carbocycles. The zero-order valence-electron chi connectivity index (χ0n) is 10.2. The maximum Gasteiger partial charge on any atom is 0.0713 e. The highest BCUT2D eigenvalue weighted by molar-refractivity contribution is 9.10. The van der Waals surface area contributed by atoms with Crippen molar-refractivity contribution < 1.29 is 0 Å². The van der Waals surface area contributed by atoms with Crippen LogP contribution in [0.15, 0.2) is 35.1 Å². The minimum atomic E-state index is -0.0169. The average molecular weight is 310 g/mol. The van der Waals surface area contributed by atoms with Gasteiger partial charge in [0.1, 0.15) is 0 Å². The number of nitrogens with two attached hydrogens (primary N) is 1. The van der Waals surface area contributed by atoms with Gasteiger partial charge < -0.3 is 0 Å². The average Bonchev–Trinajstić information content (AvgIpc) is 2.78. The van der Waals surface area contributed by atoms with Gasteiger partial charge in [0.15, 0.2) is 0 Å². The van der Waals surface area contributed by atoms with Gasteiger partial charge in [-0.1, -0.05) is 6.07 Å². The Labute approximate surface area is 115 Å². The van der Waals surface area contributed by atoms with E-state index in [-0.39, 0.29) is 6.04 Å². The second-order valence-electron chi connectivity index (χ2n) is 3.94. The van der Waals surface area contributed by atoms with Crippen LogP contribution in [0.3, 0.4) is 0 Å². The molecule has 96 valence electrons. The van der Waals surface area contributed by atoms with Crippen LogP contribution in [0, 0.1) is 0 Å². The summed E-state index contributed by atoms with van der Waals surface area (Å²) in [6.07, 6.45) is 4.30. The van der Waals surface area contributed by atoms with Crippen molar-refractivity contribution in [1.29, 1.82) is 0 Å². The van der Waals surface area contributed by atoms with E-state index in [1.54, 1.807) is 12.4 Å². The molecule has 0 aliphatic rings. The minimum Gasteiger partial charge on any atom is -0.271 e. The molecule has 2 rings (SSSR count). The molecule has 1 atom stereocenters. The normalized spacial score (nSPS) is 12.6. The number of nitrogens with one attached hydrogen (secondary N) is 1. The molecule has 0 saturated carbocycles. The van der Waals surface area contributed by atoms with E-state index in [0.717, 1.165) is 28.8 Å². The molecule has 0 aromatic carbocycles. The fourth-order valence-corrected chi connectivity index (χ4v) is 2.51. The van der Waals surface area contributed by atoms with E-state index in [1.807, 2.05) is 22.9 Å². The maximum absolute atomic E-state index is 5.66. The maximum atomic E-state index is 5.66. The van der Waals surface area contributed by atoms with E-state index >= 15 is 0 Å². The quantitative estimate of drug-likeness (QED) is 0.653. The van der Waals surface area contributed by atoms with Crippen molar-refractivity contribution in [2.45, 2.75) is 25.9 Å². The van der Waals surface area contributed by atoms with Crippen LogP contribution in [0.1, 0.15) is 24.4 Å². The molecule has 2 aromatic heterocycles. The number of rotatable bonds is 5.